The molecular formula is C25H22N2OS. The van der Waals surface area contributed by atoms with E-state index in [0.717, 1.165) is 28.4 Å². The molecule has 0 aliphatic rings. The number of nitrogens with one attached hydrogen (secondary N) is 1. The lowest BCUT2D eigenvalue weighted by atomic mass is 10.1. The Labute approximate surface area is 175 Å². The molecule has 0 fully saturated rings. The van der Waals surface area contributed by atoms with Crippen LogP contribution in [0.25, 0.3) is 21.8 Å². The topological polar surface area (TPSA) is 42.0 Å². The van der Waals surface area contributed by atoms with E-state index >= 15 is 0 Å². The van der Waals surface area contributed by atoms with E-state index in [1.807, 2.05) is 66.7 Å². The molecule has 3 aromatic carbocycles. The number of carbonyl (C=O) groups excluding carboxylic acids is 1. The smallest absolute Gasteiger partial charge is 0.224 e. The zero-order valence-electron chi connectivity index (χ0n) is 16.3. The Hall–Kier alpha value is -3.24. The standard InChI is InChI=1S/C25H22N2OS/c1-18-7-5-6-10-22(18)25-27-23(17-29-25)20-12-14-21(15-13-20)26-24(28)16-11-19-8-3-2-4-9-19/h2-10,12-15,17H,11,16H2,1H3,(H,26,28). The average Bonchev–Trinajstić information content (AvgIpc) is 3.24. The van der Waals surface area contributed by atoms with Crippen molar-refractivity contribution in [3.05, 3.63) is 95.4 Å². The second-order valence-electron chi connectivity index (χ2n) is 6.96. The van der Waals surface area contributed by atoms with E-state index in [2.05, 4.69) is 29.8 Å². The predicted molar refractivity (Wildman–Crippen MR) is 121 cm³/mol. The quantitative estimate of drug-likeness (QED) is 0.411. The first kappa shape index (κ1) is 19.1. The van der Waals surface area contributed by atoms with E-state index in [0.29, 0.717) is 6.42 Å². The summed E-state index contributed by atoms with van der Waals surface area (Å²) in [6, 6.07) is 26.2. The Morgan fingerprint density at radius 3 is 2.41 bits per heavy atom. The zero-order chi connectivity index (χ0) is 20.1. The van der Waals surface area contributed by atoms with Crippen molar-refractivity contribution in [1.82, 2.24) is 4.98 Å². The summed E-state index contributed by atoms with van der Waals surface area (Å²) in [4.78, 5) is 17.0. The van der Waals surface area contributed by atoms with Crippen LogP contribution in [0.5, 0.6) is 0 Å². The van der Waals surface area contributed by atoms with Crippen molar-refractivity contribution in [3.8, 4) is 21.8 Å². The molecular weight excluding hydrogens is 376 g/mol. The van der Waals surface area contributed by atoms with E-state index in [-0.39, 0.29) is 5.91 Å². The van der Waals surface area contributed by atoms with Crippen molar-refractivity contribution in [2.24, 2.45) is 0 Å². The first-order valence-electron chi connectivity index (χ1n) is 9.65. The monoisotopic (exact) mass is 398 g/mol. The molecule has 0 aliphatic heterocycles. The molecule has 0 saturated heterocycles. The molecule has 1 amide bonds. The Morgan fingerprint density at radius 1 is 0.931 bits per heavy atom. The van der Waals surface area contributed by atoms with Crippen molar-refractivity contribution >= 4 is 22.9 Å². The highest BCUT2D eigenvalue weighted by atomic mass is 32.1. The molecule has 0 radical (unpaired) electrons. The van der Waals surface area contributed by atoms with Gasteiger partial charge in [-0.3, -0.25) is 4.79 Å². The second-order valence-corrected chi connectivity index (χ2v) is 7.82. The van der Waals surface area contributed by atoms with E-state index < -0.39 is 0 Å². The van der Waals surface area contributed by atoms with Gasteiger partial charge >= 0.3 is 0 Å². The highest BCUT2D eigenvalue weighted by Gasteiger charge is 2.09. The van der Waals surface area contributed by atoms with Gasteiger partial charge in [0.05, 0.1) is 5.69 Å². The third-order valence-electron chi connectivity index (χ3n) is 4.83. The molecule has 29 heavy (non-hydrogen) atoms. The number of hydrogen-bond donors (Lipinski definition) is 1. The molecule has 4 rings (SSSR count). The number of anilines is 1. The lowest BCUT2D eigenvalue weighted by molar-refractivity contribution is -0.116. The van der Waals surface area contributed by atoms with Crippen molar-refractivity contribution < 1.29 is 4.79 Å². The number of nitrogens with zero attached hydrogens (tertiary/aromatic N) is 1. The highest BCUT2D eigenvalue weighted by molar-refractivity contribution is 7.13. The van der Waals surface area contributed by atoms with Crippen molar-refractivity contribution in [1.29, 1.82) is 0 Å². The predicted octanol–water partition coefficient (Wildman–Crippen LogP) is 6.36. The number of aryl methyl sites for hydroxylation is 2. The Kier molecular flexibility index (Phi) is 5.82. The molecule has 0 saturated carbocycles. The van der Waals surface area contributed by atoms with Crippen LogP contribution in [0.2, 0.25) is 0 Å². The van der Waals surface area contributed by atoms with Crippen molar-refractivity contribution in [2.45, 2.75) is 19.8 Å². The first-order chi connectivity index (χ1) is 14.2. The second kappa shape index (κ2) is 8.84. The fourth-order valence-electron chi connectivity index (χ4n) is 3.19. The van der Waals surface area contributed by atoms with Crippen LogP contribution in [-0.2, 0) is 11.2 Å². The molecule has 0 bridgehead atoms. The maximum Gasteiger partial charge on any atom is 0.224 e. The van der Waals surface area contributed by atoms with Crippen LogP contribution in [0, 0.1) is 6.92 Å². The number of thiazole rings is 1. The minimum absolute atomic E-state index is 0.0251. The molecule has 144 valence electrons. The van der Waals surface area contributed by atoms with Crippen LogP contribution in [0.1, 0.15) is 17.5 Å². The molecule has 0 unspecified atom stereocenters. The summed E-state index contributed by atoms with van der Waals surface area (Å²) in [5.74, 6) is 0.0251. The summed E-state index contributed by atoms with van der Waals surface area (Å²) >= 11 is 1.65. The number of hydrogen-bond acceptors (Lipinski definition) is 3. The van der Waals surface area contributed by atoms with Crippen molar-refractivity contribution in [2.75, 3.05) is 5.32 Å². The largest absolute Gasteiger partial charge is 0.326 e. The first-order valence-corrected chi connectivity index (χ1v) is 10.5. The molecule has 0 spiro atoms. The van der Waals surface area contributed by atoms with Gasteiger partial charge in [0.25, 0.3) is 0 Å². The maximum atomic E-state index is 12.2. The molecule has 4 aromatic rings. The summed E-state index contributed by atoms with van der Waals surface area (Å²) in [7, 11) is 0. The van der Waals surface area contributed by atoms with Gasteiger partial charge in [0.1, 0.15) is 5.01 Å². The van der Waals surface area contributed by atoms with Gasteiger partial charge in [-0.1, -0.05) is 66.7 Å². The van der Waals surface area contributed by atoms with Gasteiger partial charge in [-0.25, -0.2) is 4.98 Å². The average molecular weight is 399 g/mol. The van der Waals surface area contributed by atoms with Crippen LogP contribution in [-0.4, -0.2) is 10.9 Å². The normalized spacial score (nSPS) is 10.7. The number of aromatic nitrogens is 1. The number of amides is 1. The fourth-order valence-corrected chi connectivity index (χ4v) is 4.11. The third-order valence-corrected chi connectivity index (χ3v) is 5.70. The summed E-state index contributed by atoms with van der Waals surface area (Å²) in [5, 5.41) is 6.08. The Balaban J connectivity index is 1.39. The summed E-state index contributed by atoms with van der Waals surface area (Å²) in [6.07, 6.45) is 1.21. The minimum Gasteiger partial charge on any atom is -0.326 e. The highest BCUT2D eigenvalue weighted by Crippen LogP contribution is 2.31. The van der Waals surface area contributed by atoms with Crippen LogP contribution >= 0.6 is 11.3 Å². The van der Waals surface area contributed by atoms with Crippen LogP contribution in [0.4, 0.5) is 5.69 Å². The van der Waals surface area contributed by atoms with Gasteiger partial charge in [-0.2, -0.15) is 0 Å². The molecule has 1 N–H and O–H groups in total. The molecule has 0 atom stereocenters. The summed E-state index contributed by atoms with van der Waals surface area (Å²) < 4.78 is 0. The Bertz CT molecular complexity index is 1100. The van der Waals surface area contributed by atoms with Crippen LogP contribution in [0.3, 0.4) is 0 Å². The number of benzene rings is 3. The van der Waals surface area contributed by atoms with Gasteiger partial charge < -0.3 is 5.32 Å². The molecule has 0 aliphatic carbocycles. The summed E-state index contributed by atoms with van der Waals surface area (Å²) in [5.41, 5.74) is 6.37. The van der Waals surface area contributed by atoms with E-state index in [9.17, 15) is 4.79 Å². The van der Waals surface area contributed by atoms with Gasteiger partial charge in [0.2, 0.25) is 5.91 Å². The SMILES string of the molecule is Cc1ccccc1-c1nc(-c2ccc(NC(=O)CCc3ccccc3)cc2)cs1. The fraction of sp³-hybridized carbons (Fsp3) is 0.120. The molecule has 1 heterocycles. The van der Waals surface area contributed by atoms with Gasteiger partial charge in [0.15, 0.2) is 0 Å². The Morgan fingerprint density at radius 2 is 1.66 bits per heavy atom. The number of carbonyl (C=O) groups is 1. The van der Waals surface area contributed by atoms with E-state index in [1.54, 1.807) is 11.3 Å². The molecule has 4 heteroatoms. The van der Waals surface area contributed by atoms with E-state index in [4.69, 9.17) is 4.98 Å². The molecule has 1 aromatic heterocycles. The molecule has 3 nitrogen and oxygen atoms in total. The maximum absolute atomic E-state index is 12.2. The van der Waals surface area contributed by atoms with Gasteiger partial charge in [-0.05, 0) is 36.6 Å². The lowest BCUT2D eigenvalue weighted by Crippen LogP contribution is -2.12. The van der Waals surface area contributed by atoms with Crippen molar-refractivity contribution in [3.63, 3.8) is 0 Å². The third kappa shape index (κ3) is 4.79. The number of rotatable bonds is 6. The zero-order valence-corrected chi connectivity index (χ0v) is 17.1. The summed E-state index contributed by atoms with van der Waals surface area (Å²) in [6.45, 7) is 2.10. The van der Waals surface area contributed by atoms with Crippen LogP contribution < -0.4 is 5.32 Å². The van der Waals surface area contributed by atoms with E-state index in [1.165, 1.54) is 16.7 Å². The minimum atomic E-state index is 0.0251. The lowest BCUT2D eigenvalue weighted by Gasteiger charge is -2.06. The van der Waals surface area contributed by atoms with Gasteiger partial charge in [0, 0.05) is 28.6 Å². The van der Waals surface area contributed by atoms with Crippen LogP contribution in [0.15, 0.2) is 84.2 Å². The van der Waals surface area contributed by atoms with Gasteiger partial charge in [-0.15, -0.1) is 11.3 Å².